The van der Waals surface area contributed by atoms with Crippen LogP contribution >= 0.6 is 0 Å². The zero-order valence-corrected chi connectivity index (χ0v) is 27.4. The number of cyclic esters (lactones) is 2. The van der Waals surface area contributed by atoms with Crippen molar-refractivity contribution in [2.45, 2.75) is 102 Å². The highest BCUT2D eigenvalue weighted by Crippen LogP contribution is 2.67. The minimum Gasteiger partial charge on any atom is -0.466 e. The lowest BCUT2D eigenvalue weighted by Crippen LogP contribution is -2.60. The average Bonchev–Trinajstić information content (AvgIpc) is 3.71. The Morgan fingerprint density at radius 3 is 1.54 bits per heavy atom. The summed E-state index contributed by atoms with van der Waals surface area (Å²) in [7, 11) is 1.33. The number of fused-ring (bicyclic) bond motifs is 1. The molecule has 0 aromatic rings. The van der Waals surface area contributed by atoms with E-state index in [1.165, 1.54) is 39.2 Å². The van der Waals surface area contributed by atoms with Gasteiger partial charge in [-0.3, -0.25) is 0 Å². The van der Waals surface area contributed by atoms with Crippen molar-refractivity contribution >= 4 is 23.9 Å². The molecule has 48 heavy (non-hydrogen) atoms. The maximum Gasteiger partial charge on any atom is 0.426 e. The van der Waals surface area contributed by atoms with Gasteiger partial charge in [0, 0.05) is 29.2 Å². The molecule has 2 aliphatic heterocycles. The summed E-state index contributed by atoms with van der Waals surface area (Å²) in [5, 5.41) is 0. The van der Waals surface area contributed by atoms with E-state index in [1.54, 1.807) is 13.8 Å². The molecule has 0 N–H and O–H groups in total. The van der Waals surface area contributed by atoms with Crippen LogP contribution in [0.2, 0.25) is 0 Å². The molecule has 8 aliphatic rings. The molecule has 268 valence electrons. The molecule has 0 aromatic carbocycles. The van der Waals surface area contributed by atoms with Gasteiger partial charge in [-0.2, -0.15) is 26.3 Å². The number of rotatable bonds is 3. The first-order valence-corrected chi connectivity index (χ1v) is 16.0. The molecule has 8 rings (SSSR count). The zero-order chi connectivity index (χ0) is 36.0. The van der Waals surface area contributed by atoms with Crippen molar-refractivity contribution in [1.82, 2.24) is 0 Å². The first-order valence-electron chi connectivity index (χ1n) is 16.0. The lowest BCUT2D eigenvalue weighted by Gasteiger charge is -2.59. The van der Waals surface area contributed by atoms with Crippen molar-refractivity contribution in [2.75, 3.05) is 7.11 Å². The van der Waals surface area contributed by atoms with Gasteiger partial charge in [0.1, 0.15) is 5.60 Å². The zero-order valence-electron chi connectivity index (χ0n) is 27.4. The summed E-state index contributed by atoms with van der Waals surface area (Å²) >= 11 is 0. The number of hydrogen-bond acceptors (Lipinski definition) is 8. The van der Waals surface area contributed by atoms with Gasteiger partial charge in [-0.25, -0.2) is 19.2 Å². The third kappa shape index (κ3) is 7.23. The van der Waals surface area contributed by atoms with Crippen LogP contribution < -0.4 is 0 Å². The number of ether oxygens (including phenoxy) is 4. The third-order valence-corrected chi connectivity index (χ3v) is 11.0. The Morgan fingerprint density at radius 1 is 0.771 bits per heavy atom. The van der Waals surface area contributed by atoms with Crippen LogP contribution in [0.15, 0.2) is 36.5 Å². The number of halogens is 6. The van der Waals surface area contributed by atoms with Crippen LogP contribution in [-0.2, 0) is 38.1 Å². The average molecular weight is 693 g/mol. The van der Waals surface area contributed by atoms with Crippen molar-refractivity contribution < 1.29 is 64.5 Å². The minimum absolute atomic E-state index is 0.0137. The topological polar surface area (TPSA) is 105 Å². The van der Waals surface area contributed by atoms with Gasteiger partial charge in [-0.15, -0.1) is 0 Å². The molecular weight excluding hydrogens is 650 g/mol. The number of carbonyl (C=O) groups is 4. The second-order valence-electron chi connectivity index (χ2n) is 14.2. The van der Waals surface area contributed by atoms with Crippen LogP contribution in [0.25, 0.3) is 0 Å². The SMILES string of the molecule is C=C(C)C(=O)OC.C=C(C)C(=O)OC1(C)C2CC3CC(C2)CC1C3.FC(F)(F)C1(C(F)(F)F)OC2CC3CC2C1C3.O=C1C=CC(=O)O1. The highest BCUT2D eigenvalue weighted by atomic mass is 19.4. The van der Waals surface area contributed by atoms with Crippen molar-refractivity contribution in [1.29, 1.82) is 0 Å². The number of hydrogen-bond donors (Lipinski definition) is 0. The minimum atomic E-state index is -5.39. The highest BCUT2D eigenvalue weighted by molar-refractivity contribution is 6.04. The fourth-order valence-corrected chi connectivity index (χ4v) is 8.98. The molecule has 4 atom stereocenters. The Hall–Kier alpha value is -3.16. The summed E-state index contributed by atoms with van der Waals surface area (Å²) in [5.74, 6) is -0.710. The van der Waals surface area contributed by atoms with Crippen molar-refractivity contribution in [3.05, 3.63) is 36.5 Å². The predicted molar refractivity (Wildman–Crippen MR) is 157 cm³/mol. The quantitative estimate of drug-likeness (QED) is 0.103. The maximum atomic E-state index is 12.9. The normalized spacial score (nSPS) is 35.7. The fraction of sp³-hybridized carbons (Fsp3) is 0.706. The monoisotopic (exact) mass is 692 g/mol. The summed E-state index contributed by atoms with van der Waals surface area (Å²) in [6, 6.07) is 0. The van der Waals surface area contributed by atoms with Gasteiger partial charge in [-0.1, -0.05) is 13.2 Å². The van der Waals surface area contributed by atoms with Gasteiger partial charge >= 0.3 is 36.2 Å². The Labute approximate surface area is 275 Å². The summed E-state index contributed by atoms with van der Waals surface area (Å²) in [6.07, 6.45) is -2.17. The van der Waals surface area contributed by atoms with Gasteiger partial charge in [0.15, 0.2) is 0 Å². The first-order chi connectivity index (χ1) is 22.1. The van der Waals surface area contributed by atoms with E-state index in [4.69, 9.17) is 4.74 Å². The Balaban J connectivity index is 0.000000157. The molecule has 6 saturated carbocycles. The smallest absolute Gasteiger partial charge is 0.426 e. The van der Waals surface area contributed by atoms with Crippen LogP contribution in [0.4, 0.5) is 26.3 Å². The number of carbonyl (C=O) groups excluding carboxylic acids is 4. The van der Waals surface area contributed by atoms with E-state index in [1.807, 2.05) is 0 Å². The molecule has 2 heterocycles. The molecule has 14 heteroatoms. The van der Waals surface area contributed by atoms with Gasteiger partial charge in [-0.05, 0) is 108 Å². The largest absolute Gasteiger partial charge is 0.466 e. The van der Waals surface area contributed by atoms with E-state index in [2.05, 4.69) is 34.3 Å². The van der Waals surface area contributed by atoms with E-state index >= 15 is 0 Å². The molecule has 6 aliphatic carbocycles. The summed E-state index contributed by atoms with van der Waals surface area (Å²) in [5.41, 5.74) is -3.16. The van der Waals surface area contributed by atoms with Crippen LogP contribution in [0.5, 0.6) is 0 Å². The van der Waals surface area contributed by atoms with Crippen molar-refractivity contribution in [2.24, 2.45) is 41.4 Å². The molecule has 6 bridgehead atoms. The molecule has 7 fully saturated rings. The fourth-order valence-electron chi connectivity index (χ4n) is 8.98. The lowest BCUT2D eigenvalue weighted by atomic mass is 9.50. The molecule has 1 saturated heterocycles. The van der Waals surface area contributed by atoms with Crippen molar-refractivity contribution in [3.8, 4) is 0 Å². The predicted octanol–water partition coefficient (Wildman–Crippen LogP) is 6.98. The van der Waals surface area contributed by atoms with Gasteiger partial charge in [0.05, 0.1) is 13.2 Å². The molecule has 8 nitrogen and oxygen atoms in total. The van der Waals surface area contributed by atoms with Crippen LogP contribution in [0.1, 0.15) is 72.1 Å². The maximum absolute atomic E-state index is 12.9. The van der Waals surface area contributed by atoms with Gasteiger partial charge in [0.2, 0.25) is 0 Å². The number of alkyl halides is 6. The van der Waals surface area contributed by atoms with Crippen LogP contribution in [0.3, 0.4) is 0 Å². The third-order valence-electron chi connectivity index (χ3n) is 11.0. The molecule has 0 radical (unpaired) electrons. The Bertz CT molecular complexity index is 1290. The number of methoxy groups -OCH3 is 1. The molecular formula is C34H42F6O8. The van der Waals surface area contributed by atoms with Gasteiger partial charge < -0.3 is 18.9 Å². The van der Waals surface area contributed by atoms with Crippen LogP contribution in [-0.4, -0.2) is 60.6 Å². The summed E-state index contributed by atoms with van der Waals surface area (Å²) < 4.78 is 96.0. The summed E-state index contributed by atoms with van der Waals surface area (Å²) in [6.45, 7) is 12.6. The molecule has 0 amide bonds. The van der Waals surface area contributed by atoms with Gasteiger partial charge in [0.25, 0.3) is 5.60 Å². The standard InChI is InChI=1S/C15H22O2.C10H10F6O.C5H8O2.C4H2O3/c1-9(2)14(16)17-15(3)12-5-10-4-11(7-12)8-13(15)6-10;11-9(12,13)8(10(14,15)16)6-2-4-1-5(6)7(3-4)17-8;1-4(2)5(6)7-3;5-3-1-2-4(6)7-3/h10-13H,1,4-8H2,2-3H3;4-7H,1-3H2;1H2,2-3H3;1-2H. The van der Waals surface area contributed by atoms with E-state index in [0.29, 0.717) is 35.8 Å². The second-order valence-corrected chi connectivity index (χ2v) is 14.2. The first kappa shape index (κ1) is 37.7. The van der Waals surface area contributed by atoms with E-state index in [9.17, 15) is 45.5 Å². The number of esters is 4. The van der Waals surface area contributed by atoms with Crippen molar-refractivity contribution in [3.63, 3.8) is 0 Å². The van der Waals surface area contributed by atoms with Crippen LogP contribution in [0, 0.1) is 41.4 Å². The molecule has 0 spiro atoms. The summed E-state index contributed by atoms with van der Waals surface area (Å²) in [4.78, 5) is 41.9. The highest BCUT2D eigenvalue weighted by Gasteiger charge is 2.82. The van der Waals surface area contributed by atoms with E-state index in [0.717, 1.165) is 24.0 Å². The lowest BCUT2D eigenvalue weighted by molar-refractivity contribution is -0.383. The molecule has 0 aromatic heterocycles. The molecule has 4 unspecified atom stereocenters. The Kier molecular flexibility index (Phi) is 10.7. The Morgan fingerprint density at radius 2 is 1.23 bits per heavy atom. The van der Waals surface area contributed by atoms with E-state index < -0.39 is 47.8 Å². The second kappa shape index (κ2) is 13.6. The van der Waals surface area contributed by atoms with E-state index in [-0.39, 0.29) is 29.9 Å².